The molecule has 0 atom stereocenters. The van der Waals surface area contributed by atoms with Crippen LogP contribution in [-0.4, -0.2) is 49.7 Å². The number of nitrogens with one attached hydrogen (secondary N) is 2. The Morgan fingerprint density at radius 2 is 2.04 bits per heavy atom. The lowest BCUT2D eigenvalue weighted by molar-refractivity contribution is 0.417. The van der Waals surface area contributed by atoms with Crippen LogP contribution in [0.2, 0.25) is 0 Å². The fourth-order valence-electron chi connectivity index (χ4n) is 2.51. The van der Waals surface area contributed by atoms with Gasteiger partial charge < -0.3 is 14.7 Å². The van der Waals surface area contributed by atoms with Crippen LogP contribution in [-0.2, 0) is 10.0 Å². The van der Waals surface area contributed by atoms with Gasteiger partial charge in [0.1, 0.15) is 17.0 Å². The average molecular weight is 352 g/mol. The molecule has 10 heteroatoms. The van der Waals surface area contributed by atoms with Crippen molar-refractivity contribution in [3.63, 3.8) is 0 Å². The molecule has 0 aromatic carbocycles. The summed E-state index contributed by atoms with van der Waals surface area (Å²) in [5.41, 5.74) is 0.874. The van der Waals surface area contributed by atoms with Gasteiger partial charge >= 0.3 is 0 Å². The molecule has 3 rings (SSSR count). The Balaban J connectivity index is 1.55. The Morgan fingerprint density at radius 3 is 2.75 bits per heavy atom. The maximum Gasteiger partial charge on any atom is 0.245 e. The lowest BCUT2D eigenvalue weighted by Crippen LogP contribution is -2.29. The van der Waals surface area contributed by atoms with E-state index in [9.17, 15) is 8.42 Å². The Bertz CT molecular complexity index is 772. The van der Waals surface area contributed by atoms with Crippen molar-refractivity contribution in [1.29, 1.82) is 0 Å². The third kappa shape index (κ3) is 4.01. The van der Waals surface area contributed by atoms with Crippen molar-refractivity contribution in [2.75, 3.05) is 36.4 Å². The molecule has 130 valence electrons. The summed E-state index contributed by atoms with van der Waals surface area (Å²) < 4.78 is 30.8. The first kappa shape index (κ1) is 16.7. The largest absolute Gasteiger partial charge is 0.363 e. The van der Waals surface area contributed by atoms with Crippen LogP contribution in [0.25, 0.3) is 0 Å². The molecule has 2 N–H and O–H groups in total. The minimum atomic E-state index is -3.60. The van der Waals surface area contributed by atoms with Crippen molar-refractivity contribution in [2.45, 2.75) is 24.7 Å². The van der Waals surface area contributed by atoms with E-state index in [0.717, 1.165) is 37.1 Å². The molecule has 0 radical (unpaired) electrons. The van der Waals surface area contributed by atoms with E-state index < -0.39 is 10.0 Å². The molecule has 0 aliphatic carbocycles. The first-order valence-electron chi connectivity index (χ1n) is 7.78. The molecule has 1 aliphatic rings. The third-order valence-corrected chi connectivity index (χ3v) is 5.10. The molecule has 0 unspecified atom stereocenters. The summed E-state index contributed by atoms with van der Waals surface area (Å²) in [7, 11) is -3.60. The highest BCUT2D eigenvalue weighted by molar-refractivity contribution is 7.89. The standard InChI is InChI=1S/C14H20N6O3S/c1-11-8-13(20-6-2-3-7-20)19-14(18-11)15-4-5-17-24(21,22)12-9-16-23-10-12/h8-10,17H,2-7H2,1H3,(H,15,18,19). The summed E-state index contributed by atoms with van der Waals surface area (Å²) >= 11 is 0. The summed E-state index contributed by atoms with van der Waals surface area (Å²) in [5.74, 6) is 1.41. The van der Waals surface area contributed by atoms with Gasteiger partial charge in [-0.1, -0.05) is 5.16 Å². The quantitative estimate of drug-likeness (QED) is 0.702. The zero-order valence-corrected chi connectivity index (χ0v) is 14.2. The first-order chi connectivity index (χ1) is 11.5. The zero-order valence-electron chi connectivity index (χ0n) is 13.4. The lowest BCUT2D eigenvalue weighted by Gasteiger charge is -2.17. The molecule has 3 heterocycles. The maximum atomic E-state index is 11.9. The maximum absolute atomic E-state index is 11.9. The highest BCUT2D eigenvalue weighted by Crippen LogP contribution is 2.19. The fraction of sp³-hybridized carbons (Fsp3) is 0.500. The van der Waals surface area contributed by atoms with Crippen LogP contribution in [0, 0.1) is 6.92 Å². The number of aromatic nitrogens is 3. The molecular weight excluding hydrogens is 332 g/mol. The second kappa shape index (κ2) is 7.14. The number of hydrogen-bond acceptors (Lipinski definition) is 8. The third-order valence-electron chi connectivity index (χ3n) is 3.69. The summed E-state index contributed by atoms with van der Waals surface area (Å²) in [5, 5.41) is 6.44. The minimum Gasteiger partial charge on any atom is -0.363 e. The predicted molar refractivity (Wildman–Crippen MR) is 88.4 cm³/mol. The fourth-order valence-corrected chi connectivity index (χ4v) is 3.40. The number of aryl methyl sites for hydroxylation is 1. The van der Waals surface area contributed by atoms with Crippen LogP contribution in [0.5, 0.6) is 0 Å². The van der Waals surface area contributed by atoms with Gasteiger partial charge in [-0.05, 0) is 19.8 Å². The van der Waals surface area contributed by atoms with Gasteiger partial charge in [-0.25, -0.2) is 18.1 Å². The summed E-state index contributed by atoms with van der Waals surface area (Å²) in [6, 6.07) is 1.96. The number of anilines is 2. The van der Waals surface area contributed by atoms with Gasteiger partial charge in [-0.3, -0.25) is 0 Å². The van der Waals surface area contributed by atoms with Crippen LogP contribution in [0.15, 0.2) is 27.9 Å². The van der Waals surface area contributed by atoms with Crippen molar-refractivity contribution in [3.05, 3.63) is 24.2 Å². The zero-order chi connectivity index (χ0) is 17.0. The summed E-state index contributed by atoms with van der Waals surface area (Å²) in [4.78, 5) is 11.1. The first-order valence-corrected chi connectivity index (χ1v) is 9.26. The molecule has 1 fully saturated rings. The monoisotopic (exact) mass is 352 g/mol. The molecule has 2 aromatic heterocycles. The van der Waals surface area contributed by atoms with Gasteiger partial charge in [0.2, 0.25) is 16.0 Å². The topological polar surface area (TPSA) is 113 Å². The van der Waals surface area contributed by atoms with Gasteiger partial charge in [0.25, 0.3) is 0 Å². The highest BCUT2D eigenvalue weighted by Gasteiger charge is 2.16. The molecule has 0 spiro atoms. The van der Waals surface area contributed by atoms with Crippen molar-refractivity contribution in [3.8, 4) is 0 Å². The van der Waals surface area contributed by atoms with Crippen molar-refractivity contribution in [2.24, 2.45) is 0 Å². The SMILES string of the molecule is Cc1cc(N2CCCC2)nc(NCCNS(=O)(=O)c2cnoc2)n1. The van der Waals surface area contributed by atoms with E-state index in [0.29, 0.717) is 12.5 Å². The minimum absolute atomic E-state index is 0.00521. The number of hydrogen-bond donors (Lipinski definition) is 2. The van der Waals surface area contributed by atoms with E-state index >= 15 is 0 Å². The second-order valence-corrected chi connectivity index (χ2v) is 7.34. The number of sulfonamides is 1. The number of nitrogens with zero attached hydrogens (tertiary/aromatic N) is 4. The van der Waals surface area contributed by atoms with Crippen molar-refractivity contribution in [1.82, 2.24) is 19.8 Å². The average Bonchev–Trinajstić information content (AvgIpc) is 3.23. The van der Waals surface area contributed by atoms with Crippen LogP contribution >= 0.6 is 0 Å². The molecule has 9 nitrogen and oxygen atoms in total. The van der Waals surface area contributed by atoms with Crippen LogP contribution in [0.3, 0.4) is 0 Å². The Kier molecular flexibility index (Phi) is 4.95. The van der Waals surface area contributed by atoms with Crippen LogP contribution in [0.1, 0.15) is 18.5 Å². The van der Waals surface area contributed by atoms with Crippen molar-refractivity contribution < 1.29 is 12.9 Å². The van der Waals surface area contributed by atoms with E-state index in [1.165, 1.54) is 12.8 Å². The van der Waals surface area contributed by atoms with Gasteiger partial charge in [0, 0.05) is 37.9 Å². The summed E-state index contributed by atoms with van der Waals surface area (Å²) in [6.07, 6.45) is 4.59. The lowest BCUT2D eigenvalue weighted by atomic mass is 10.4. The normalized spacial score (nSPS) is 15.0. The van der Waals surface area contributed by atoms with Gasteiger partial charge in [0.15, 0.2) is 0 Å². The van der Waals surface area contributed by atoms with Gasteiger partial charge in [-0.2, -0.15) is 4.98 Å². The van der Waals surface area contributed by atoms with Crippen LogP contribution < -0.4 is 14.9 Å². The van der Waals surface area contributed by atoms with E-state index in [1.807, 2.05) is 13.0 Å². The molecule has 0 amide bonds. The number of rotatable bonds is 7. The van der Waals surface area contributed by atoms with E-state index in [1.54, 1.807) is 0 Å². The van der Waals surface area contributed by atoms with E-state index in [4.69, 9.17) is 0 Å². The molecule has 0 saturated carbocycles. The van der Waals surface area contributed by atoms with Gasteiger partial charge in [0.05, 0.1) is 6.20 Å². The van der Waals surface area contributed by atoms with E-state index in [2.05, 4.69) is 34.6 Å². The molecule has 24 heavy (non-hydrogen) atoms. The summed E-state index contributed by atoms with van der Waals surface area (Å²) in [6.45, 7) is 4.50. The molecule has 1 saturated heterocycles. The predicted octanol–water partition coefficient (Wildman–Crippen LogP) is 0.764. The molecular formula is C14H20N6O3S. The molecule has 0 bridgehead atoms. The second-order valence-electron chi connectivity index (χ2n) is 5.57. The Labute approximate surface area is 140 Å². The van der Waals surface area contributed by atoms with Gasteiger partial charge in [-0.15, -0.1) is 0 Å². The van der Waals surface area contributed by atoms with Crippen LogP contribution in [0.4, 0.5) is 11.8 Å². The van der Waals surface area contributed by atoms with Crippen molar-refractivity contribution >= 4 is 21.8 Å². The highest BCUT2D eigenvalue weighted by atomic mass is 32.2. The smallest absolute Gasteiger partial charge is 0.245 e. The molecule has 1 aliphatic heterocycles. The van der Waals surface area contributed by atoms with E-state index in [-0.39, 0.29) is 11.4 Å². The molecule has 2 aromatic rings. The Morgan fingerprint density at radius 1 is 1.25 bits per heavy atom. The Hall–Kier alpha value is -2.20.